The predicted molar refractivity (Wildman–Crippen MR) is 98.0 cm³/mol. The highest BCUT2D eigenvalue weighted by molar-refractivity contribution is 7.92. The quantitative estimate of drug-likeness (QED) is 0.834. The van der Waals surface area contributed by atoms with Crippen LogP contribution in [-0.2, 0) is 21.2 Å². The number of hydrogen-bond donors (Lipinski definition) is 2. The first-order valence-electron chi connectivity index (χ1n) is 8.32. The molecule has 1 saturated carbocycles. The van der Waals surface area contributed by atoms with Gasteiger partial charge in [0.25, 0.3) is 10.0 Å². The summed E-state index contributed by atoms with van der Waals surface area (Å²) in [5, 5.41) is 2.94. The maximum absolute atomic E-state index is 12.5. The highest BCUT2D eigenvalue weighted by Crippen LogP contribution is 2.20. The number of benzene rings is 2. The fourth-order valence-electron chi connectivity index (χ4n) is 2.48. The van der Waals surface area contributed by atoms with Gasteiger partial charge in [-0.25, -0.2) is 8.42 Å². The molecule has 1 amide bonds. The van der Waals surface area contributed by atoms with Crippen LogP contribution in [0.15, 0.2) is 47.4 Å². The summed E-state index contributed by atoms with van der Waals surface area (Å²) < 4.78 is 27.5. The van der Waals surface area contributed by atoms with Gasteiger partial charge in [0.2, 0.25) is 5.91 Å². The third kappa shape index (κ3) is 4.60. The molecule has 2 aromatic carbocycles. The van der Waals surface area contributed by atoms with Crippen LogP contribution in [-0.4, -0.2) is 20.4 Å². The molecule has 0 aromatic heterocycles. The number of sulfonamides is 1. The van der Waals surface area contributed by atoms with Gasteiger partial charge in [-0.3, -0.25) is 9.52 Å². The molecule has 2 aromatic rings. The monoisotopic (exact) mass is 358 g/mol. The summed E-state index contributed by atoms with van der Waals surface area (Å²) in [4.78, 5) is 12.0. The third-order valence-electron chi connectivity index (χ3n) is 4.30. The van der Waals surface area contributed by atoms with Crippen molar-refractivity contribution in [2.45, 2.75) is 44.0 Å². The van der Waals surface area contributed by atoms with E-state index in [-0.39, 0.29) is 10.8 Å². The second-order valence-corrected chi connectivity index (χ2v) is 8.25. The Balaban J connectivity index is 1.67. The van der Waals surface area contributed by atoms with Crippen LogP contribution >= 0.6 is 0 Å². The Morgan fingerprint density at radius 2 is 1.72 bits per heavy atom. The minimum Gasteiger partial charge on any atom is -0.353 e. The summed E-state index contributed by atoms with van der Waals surface area (Å²) in [7, 11) is -3.63. The number of hydrogen-bond acceptors (Lipinski definition) is 3. The van der Waals surface area contributed by atoms with E-state index in [0.717, 1.165) is 29.5 Å². The number of carbonyl (C=O) groups excluding carboxylic acids is 1. The van der Waals surface area contributed by atoms with E-state index >= 15 is 0 Å². The highest BCUT2D eigenvalue weighted by atomic mass is 32.2. The van der Waals surface area contributed by atoms with Crippen LogP contribution < -0.4 is 10.0 Å². The zero-order chi connectivity index (χ0) is 18.0. The first kappa shape index (κ1) is 17.5. The summed E-state index contributed by atoms with van der Waals surface area (Å²) in [5.41, 5.74) is 3.31. The van der Waals surface area contributed by atoms with Crippen molar-refractivity contribution in [3.8, 4) is 0 Å². The zero-order valence-electron chi connectivity index (χ0n) is 14.4. The number of rotatable bonds is 6. The summed E-state index contributed by atoms with van der Waals surface area (Å²) in [6.45, 7) is 3.83. The minimum atomic E-state index is -3.63. The SMILES string of the molecule is Cc1ccc(S(=O)(=O)Nc2ccc(CC(=O)NC3CC3)cc2)cc1C. The lowest BCUT2D eigenvalue weighted by atomic mass is 10.1. The maximum Gasteiger partial charge on any atom is 0.261 e. The molecule has 0 saturated heterocycles. The Morgan fingerprint density at radius 1 is 1.04 bits per heavy atom. The lowest BCUT2D eigenvalue weighted by Gasteiger charge is -2.10. The second kappa shape index (κ2) is 6.88. The molecule has 0 atom stereocenters. The van der Waals surface area contributed by atoms with Crippen molar-refractivity contribution < 1.29 is 13.2 Å². The molecule has 0 bridgehead atoms. The Hall–Kier alpha value is -2.34. The molecule has 0 radical (unpaired) electrons. The fraction of sp³-hybridized carbons (Fsp3) is 0.316. The zero-order valence-corrected chi connectivity index (χ0v) is 15.2. The van der Waals surface area contributed by atoms with Gasteiger partial charge in [0.15, 0.2) is 0 Å². The van der Waals surface area contributed by atoms with Crippen molar-refractivity contribution in [3.63, 3.8) is 0 Å². The van der Waals surface area contributed by atoms with Crippen molar-refractivity contribution >= 4 is 21.6 Å². The van der Waals surface area contributed by atoms with Crippen molar-refractivity contribution in [1.29, 1.82) is 0 Å². The van der Waals surface area contributed by atoms with Crippen LogP contribution in [0.25, 0.3) is 0 Å². The molecule has 3 rings (SSSR count). The first-order chi connectivity index (χ1) is 11.8. The molecule has 132 valence electrons. The van der Waals surface area contributed by atoms with E-state index < -0.39 is 10.0 Å². The lowest BCUT2D eigenvalue weighted by Crippen LogP contribution is -2.26. The van der Waals surface area contributed by atoms with E-state index in [1.807, 2.05) is 13.8 Å². The molecule has 1 aliphatic carbocycles. The fourth-order valence-corrected chi connectivity index (χ4v) is 3.62. The normalized spacial score (nSPS) is 14.2. The summed E-state index contributed by atoms with van der Waals surface area (Å²) in [6, 6.07) is 12.3. The molecule has 6 heteroatoms. The van der Waals surface area contributed by atoms with E-state index in [1.165, 1.54) is 0 Å². The third-order valence-corrected chi connectivity index (χ3v) is 5.68. The summed E-state index contributed by atoms with van der Waals surface area (Å²) in [6.07, 6.45) is 2.43. The molecule has 1 fully saturated rings. The maximum atomic E-state index is 12.5. The average Bonchev–Trinajstić information content (AvgIpc) is 3.35. The van der Waals surface area contributed by atoms with Gasteiger partial charge in [0.05, 0.1) is 11.3 Å². The van der Waals surface area contributed by atoms with Crippen LogP contribution in [0, 0.1) is 13.8 Å². The Labute approximate surface area is 148 Å². The molecule has 0 aliphatic heterocycles. The number of aryl methyl sites for hydroxylation is 2. The standard InChI is InChI=1S/C19H22N2O3S/c1-13-3-10-18(11-14(13)2)25(23,24)21-17-6-4-15(5-7-17)12-19(22)20-16-8-9-16/h3-7,10-11,16,21H,8-9,12H2,1-2H3,(H,20,22). The van der Waals surface area contributed by atoms with Crippen molar-refractivity contribution in [2.75, 3.05) is 4.72 Å². The molecule has 0 unspecified atom stereocenters. The number of anilines is 1. The van der Waals surface area contributed by atoms with Gasteiger partial charge >= 0.3 is 0 Å². The van der Waals surface area contributed by atoms with Crippen LogP contribution in [0.3, 0.4) is 0 Å². The largest absolute Gasteiger partial charge is 0.353 e. The molecule has 5 nitrogen and oxygen atoms in total. The van der Waals surface area contributed by atoms with Crippen molar-refractivity contribution in [3.05, 3.63) is 59.2 Å². The highest BCUT2D eigenvalue weighted by Gasteiger charge is 2.23. The van der Waals surface area contributed by atoms with Gasteiger partial charge in [0, 0.05) is 11.7 Å². The second-order valence-electron chi connectivity index (χ2n) is 6.57. The van der Waals surface area contributed by atoms with E-state index in [0.29, 0.717) is 18.2 Å². The molecule has 2 N–H and O–H groups in total. The van der Waals surface area contributed by atoms with Crippen LogP contribution in [0.2, 0.25) is 0 Å². The Kier molecular flexibility index (Phi) is 4.81. The Morgan fingerprint density at radius 3 is 2.32 bits per heavy atom. The van der Waals surface area contributed by atoms with Gasteiger partial charge in [-0.1, -0.05) is 18.2 Å². The van der Waals surface area contributed by atoms with Gasteiger partial charge in [-0.15, -0.1) is 0 Å². The molecular formula is C19H22N2O3S. The molecule has 1 aliphatic rings. The van der Waals surface area contributed by atoms with E-state index in [4.69, 9.17) is 0 Å². The van der Waals surface area contributed by atoms with Crippen LogP contribution in [0.1, 0.15) is 29.5 Å². The molecular weight excluding hydrogens is 336 g/mol. The van der Waals surface area contributed by atoms with Crippen LogP contribution in [0.5, 0.6) is 0 Å². The molecule has 0 spiro atoms. The predicted octanol–water partition coefficient (Wildman–Crippen LogP) is 2.93. The van der Waals surface area contributed by atoms with Crippen LogP contribution in [0.4, 0.5) is 5.69 Å². The van der Waals surface area contributed by atoms with E-state index in [9.17, 15) is 13.2 Å². The summed E-state index contributed by atoms with van der Waals surface area (Å²) >= 11 is 0. The van der Waals surface area contributed by atoms with Crippen molar-refractivity contribution in [2.24, 2.45) is 0 Å². The minimum absolute atomic E-state index is 0.00552. The Bertz CT molecular complexity index is 885. The first-order valence-corrected chi connectivity index (χ1v) is 9.80. The summed E-state index contributed by atoms with van der Waals surface area (Å²) in [5.74, 6) is 0.00552. The average molecular weight is 358 g/mol. The lowest BCUT2D eigenvalue weighted by molar-refractivity contribution is -0.120. The van der Waals surface area contributed by atoms with E-state index in [1.54, 1.807) is 42.5 Å². The van der Waals surface area contributed by atoms with Gasteiger partial charge < -0.3 is 5.32 Å². The van der Waals surface area contributed by atoms with Gasteiger partial charge in [0.1, 0.15) is 0 Å². The topological polar surface area (TPSA) is 75.3 Å². The number of amides is 1. The van der Waals surface area contributed by atoms with Crippen molar-refractivity contribution in [1.82, 2.24) is 5.32 Å². The number of nitrogens with one attached hydrogen (secondary N) is 2. The van der Waals surface area contributed by atoms with Gasteiger partial charge in [-0.05, 0) is 67.6 Å². The van der Waals surface area contributed by atoms with Gasteiger partial charge in [-0.2, -0.15) is 0 Å². The molecule has 0 heterocycles. The molecule has 25 heavy (non-hydrogen) atoms. The smallest absolute Gasteiger partial charge is 0.261 e. The van der Waals surface area contributed by atoms with E-state index in [2.05, 4.69) is 10.0 Å². The number of carbonyl (C=O) groups is 1.